The SMILES string of the molecule is C[C@H](NC(=O)COC(=O)c1cccc(O)c1)c1cccc2ccccc12. The van der Waals surface area contributed by atoms with Crippen LogP contribution >= 0.6 is 0 Å². The monoisotopic (exact) mass is 349 g/mol. The third-order valence-electron chi connectivity index (χ3n) is 4.08. The summed E-state index contributed by atoms with van der Waals surface area (Å²) in [5.41, 5.74) is 1.19. The summed E-state index contributed by atoms with van der Waals surface area (Å²) in [6, 6.07) is 19.4. The fourth-order valence-electron chi connectivity index (χ4n) is 2.84. The molecule has 5 heteroatoms. The number of esters is 1. The number of ether oxygens (including phenoxy) is 1. The van der Waals surface area contributed by atoms with Crippen LogP contribution < -0.4 is 5.32 Å². The van der Waals surface area contributed by atoms with Crippen molar-refractivity contribution in [2.24, 2.45) is 0 Å². The summed E-state index contributed by atoms with van der Waals surface area (Å²) in [5, 5.41) is 14.4. The number of hydrogen-bond donors (Lipinski definition) is 2. The molecule has 2 N–H and O–H groups in total. The molecule has 1 amide bonds. The van der Waals surface area contributed by atoms with Crippen LogP contribution in [-0.4, -0.2) is 23.6 Å². The highest BCUT2D eigenvalue weighted by Crippen LogP contribution is 2.24. The van der Waals surface area contributed by atoms with E-state index >= 15 is 0 Å². The Kier molecular flexibility index (Phi) is 5.17. The average molecular weight is 349 g/mol. The number of carbonyl (C=O) groups excluding carboxylic acids is 2. The van der Waals surface area contributed by atoms with E-state index in [1.807, 2.05) is 49.4 Å². The summed E-state index contributed by atoms with van der Waals surface area (Å²) in [6.07, 6.45) is 0. The van der Waals surface area contributed by atoms with Crippen molar-refractivity contribution < 1.29 is 19.4 Å². The Labute approximate surface area is 151 Å². The summed E-state index contributed by atoms with van der Waals surface area (Å²) in [5.74, 6) is -1.08. The van der Waals surface area contributed by atoms with Crippen LogP contribution in [0.4, 0.5) is 0 Å². The summed E-state index contributed by atoms with van der Waals surface area (Å²) < 4.78 is 5.01. The third kappa shape index (κ3) is 4.00. The largest absolute Gasteiger partial charge is 0.508 e. The molecule has 1 atom stereocenters. The zero-order chi connectivity index (χ0) is 18.5. The second kappa shape index (κ2) is 7.70. The van der Waals surface area contributed by atoms with Crippen LogP contribution in [0.5, 0.6) is 5.75 Å². The zero-order valence-corrected chi connectivity index (χ0v) is 14.3. The molecule has 0 bridgehead atoms. The van der Waals surface area contributed by atoms with E-state index in [4.69, 9.17) is 4.74 Å². The number of carbonyl (C=O) groups is 2. The van der Waals surface area contributed by atoms with Gasteiger partial charge in [-0.3, -0.25) is 4.79 Å². The van der Waals surface area contributed by atoms with E-state index < -0.39 is 5.97 Å². The Morgan fingerprint density at radius 2 is 1.77 bits per heavy atom. The second-order valence-electron chi connectivity index (χ2n) is 5.98. The number of phenols is 1. The maximum Gasteiger partial charge on any atom is 0.338 e. The highest BCUT2D eigenvalue weighted by molar-refractivity contribution is 5.92. The molecule has 0 aromatic heterocycles. The van der Waals surface area contributed by atoms with Gasteiger partial charge in [-0.05, 0) is 41.5 Å². The Bertz CT molecular complexity index is 946. The lowest BCUT2D eigenvalue weighted by Crippen LogP contribution is -2.31. The van der Waals surface area contributed by atoms with Crippen molar-refractivity contribution in [2.75, 3.05) is 6.61 Å². The average Bonchev–Trinajstić information content (AvgIpc) is 2.65. The fraction of sp³-hybridized carbons (Fsp3) is 0.143. The number of benzene rings is 3. The molecule has 0 aliphatic rings. The molecule has 26 heavy (non-hydrogen) atoms. The standard InChI is InChI=1S/C21H19NO4/c1-14(18-11-5-7-15-6-2-3-10-19(15)18)22-20(24)13-26-21(25)16-8-4-9-17(23)12-16/h2-12,14,23H,13H2,1H3,(H,22,24)/t14-/m0/s1. The zero-order valence-electron chi connectivity index (χ0n) is 14.3. The molecular formula is C21H19NO4. The van der Waals surface area contributed by atoms with Crippen molar-refractivity contribution in [2.45, 2.75) is 13.0 Å². The molecular weight excluding hydrogens is 330 g/mol. The molecule has 0 heterocycles. The minimum Gasteiger partial charge on any atom is -0.508 e. The molecule has 0 spiro atoms. The van der Waals surface area contributed by atoms with Crippen molar-refractivity contribution in [3.63, 3.8) is 0 Å². The second-order valence-corrected chi connectivity index (χ2v) is 5.98. The maximum atomic E-state index is 12.1. The van der Waals surface area contributed by atoms with E-state index in [2.05, 4.69) is 5.32 Å². The van der Waals surface area contributed by atoms with Crippen LogP contribution in [0, 0.1) is 0 Å². The molecule has 0 aliphatic heterocycles. The first kappa shape index (κ1) is 17.5. The van der Waals surface area contributed by atoms with Crippen LogP contribution in [0.2, 0.25) is 0 Å². The van der Waals surface area contributed by atoms with Crippen molar-refractivity contribution in [1.82, 2.24) is 5.32 Å². The van der Waals surface area contributed by atoms with Gasteiger partial charge in [-0.25, -0.2) is 4.79 Å². The van der Waals surface area contributed by atoms with Crippen LogP contribution in [-0.2, 0) is 9.53 Å². The summed E-state index contributed by atoms with van der Waals surface area (Å²) >= 11 is 0. The first-order chi connectivity index (χ1) is 12.5. The minimum absolute atomic E-state index is 0.0338. The van der Waals surface area contributed by atoms with E-state index in [1.165, 1.54) is 24.3 Å². The molecule has 0 radical (unpaired) electrons. The van der Waals surface area contributed by atoms with Gasteiger partial charge >= 0.3 is 5.97 Å². The predicted octanol–water partition coefficient (Wildman–Crippen LogP) is 3.58. The maximum absolute atomic E-state index is 12.1. The Morgan fingerprint density at radius 1 is 1.04 bits per heavy atom. The van der Waals surface area contributed by atoms with Crippen LogP contribution in [0.15, 0.2) is 66.7 Å². The van der Waals surface area contributed by atoms with Crippen molar-refractivity contribution in [1.29, 1.82) is 0 Å². The van der Waals surface area contributed by atoms with Crippen molar-refractivity contribution >= 4 is 22.6 Å². The molecule has 0 saturated heterocycles. The predicted molar refractivity (Wildman–Crippen MR) is 98.9 cm³/mol. The fourth-order valence-corrected chi connectivity index (χ4v) is 2.84. The number of rotatable bonds is 5. The Morgan fingerprint density at radius 3 is 2.58 bits per heavy atom. The van der Waals surface area contributed by atoms with Crippen LogP contribution in [0.25, 0.3) is 10.8 Å². The van der Waals surface area contributed by atoms with E-state index in [9.17, 15) is 14.7 Å². The van der Waals surface area contributed by atoms with Gasteiger partial charge in [0.25, 0.3) is 5.91 Å². The van der Waals surface area contributed by atoms with Gasteiger partial charge in [0, 0.05) is 0 Å². The number of phenolic OH excluding ortho intramolecular Hbond substituents is 1. The van der Waals surface area contributed by atoms with E-state index in [1.54, 1.807) is 0 Å². The Hall–Kier alpha value is -3.34. The summed E-state index contributed by atoms with van der Waals surface area (Å²) in [6.45, 7) is 1.50. The number of amides is 1. The number of aromatic hydroxyl groups is 1. The molecule has 3 aromatic carbocycles. The number of fused-ring (bicyclic) bond motifs is 1. The minimum atomic E-state index is -0.658. The van der Waals surface area contributed by atoms with Gasteiger partial charge in [-0.1, -0.05) is 48.5 Å². The summed E-state index contributed by atoms with van der Waals surface area (Å²) in [7, 11) is 0. The lowest BCUT2D eigenvalue weighted by atomic mass is 10.00. The van der Waals surface area contributed by atoms with E-state index in [0.717, 1.165) is 16.3 Å². The van der Waals surface area contributed by atoms with Gasteiger partial charge in [0.2, 0.25) is 0 Å². The third-order valence-corrected chi connectivity index (χ3v) is 4.08. The normalized spacial score (nSPS) is 11.7. The van der Waals surface area contributed by atoms with E-state index in [-0.39, 0.29) is 29.9 Å². The lowest BCUT2D eigenvalue weighted by molar-refractivity contribution is -0.124. The molecule has 0 fully saturated rings. The van der Waals surface area contributed by atoms with Crippen LogP contribution in [0.3, 0.4) is 0 Å². The van der Waals surface area contributed by atoms with Gasteiger partial charge in [-0.15, -0.1) is 0 Å². The van der Waals surface area contributed by atoms with E-state index in [0.29, 0.717) is 0 Å². The molecule has 0 unspecified atom stereocenters. The van der Waals surface area contributed by atoms with Gasteiger partial charge < -0.3 is 15.2 Å². The first-order valence-electron chi connectivity index (χ1n) is 8.28. The topological polar surface area (TPSA) is 75.6 Å². The van der Waals surface area contributed by atoms with Crippen molar-refractivity contribution in [3.8, 4) is 5.75 Å². The van der Waals surface area contributed by atoms with Gasteiger partial charge in [-0.2, -0.15) is 0 Å². The molecule has 3 rings (SSSR count). The highest BCUT2D eigenvalue weighted by atomic mass is 16.5. The van der Waals surface area contributed by atoms with Gasteiger partial charge in [0.15, 0.2) is 6.61 Å². The smallest absolute Gasteiger partial charge is 0.338 e. The van der Waals surface area contributed by atoms with Gasteiger partial charge in [0.1, 0.15) is 5.75 Å². The molecule has 3 aromatic rings. The number of hydrogen-bond acceptors (Lipinski definition) is 4. The molecule has 132 valence electrons. The molecule has 0 aliphatic carbocycles. The number of nitrogens with one attached hydrogen (secondary N) is 1. The quantitative estimate of drug-likeness (QED) is 0.691. The molecule has 5 nitrogen and oxygen atoms in total. The lowest BCUT2D eigenvalue weighted by Gasteiger charge is -2.16. The Balaban J connectivity index is 1.61. The van der Waals surface area contributed by atoms with Crippen molar-refractivity contribution in [3.05, 3.63) is 77.9 Å². The summed E-state index contributed by atoms with van der Waals surface area (Å²) in [4.78, 5) is 24.0. The van der Waals surface area contributed by atoms with Gasteiger partial charge in [0.05, 0.1) is 11.6 Å². The highest BCUT2D eigenvalue weighted by Gasteiger charge is 2.15. The van der Waals surface area contributed by atoms with Crippen LogP contribution in [0.1, 0.15) is 28.9 Å². The molecule has 0 saturated carbocycles. The first-order valence-corrected chi connectivity index (χ1v) is 8.28.